The summed E-state index contributed by atoms with van der Waals surface area (Å²) in [5.41, 5.74) is 11.8. The van der Waals surface area contributed by atoms with E-state index in [2.05, 4.69) is 9.89 Å². The first-order valence-corrected chi connectivity index (χ1v) is 6.21. The molecular weight excluding hydrogens is 219 g/mol. The van der Waals surface area contributed by atoms with Crippen LogP contribution in [0.25, 0.3) is 0 Å². The molecule has 2 heterocycles. The van der Waals surface area contributed by atoms with Crippen molar-refractivity contribution in [1.29, 1.82) is 0 Å². The third-order valence-corrected chi connectivity index (χ3v) is 3.78. The highest BCUT2D eigenvalue weighted by Gasteiger charge is 2.37. The monoisotopic (exact) mass is 240 g/mol. The highest BCUT2D eigenvalue weighted by atomic mass is 19.1. The van der Waals surface area contributed by atoms with Gasteiger partial charge in [-0.3, -0.25) is 0 Å². The van der Waals surface area contributed by atoms with E-state index in [1.54, 1.807) is 6.20 Å². The van der Waals surface area contributed by atoms with Crippen LogP contribution in [0.3, 0.4) is 0 Å². The lowest BCUT2D eigenvalue weighted by Gasteiger charge is -2.42. The Balaban J connectivity index is 2.01. The first kappa shape index (κ1) is 12.5. The van der Waals surface area contributed by atoms with Gasteiger partial charge < -0.3 is 16.4 Å². The average molecular weight is 240 g/mol. The van der Waals surface area contributed by atoms with Gasteiger partial charge in [-0.1, -0.05) is 0 Å². The van der Waals surface area contributed by atoms with Crippen molar-refractivity contribution in [3.8, 4) is 0 Å². The summed E-state index contributed by atoms with van der Waals surface area (Å²) in [5.74, 6) is 0.936. The molecule has 0 aromatic carbocycles. The number of nitrogens with zero attached hydrogens (tertiary/aromatic N) is 2. The molecule has 0 spiro atoms. The van der Waals surface area contributed by atoms with Crippen LogP contribution in [0.5, 0.6) is 0 Å². The predicted octanol–water partition coefficient (Wildman–Crippen LogP) is 0.640. The fourth-order valence-corrected chi connectivity index (χ4v) is 2.79. The lowest BCUT2D eigenvalue weighted by Crippen LogP contribution is -2.55. The van der Waals surface area contributed by atoms with Gasteiger partial charge in [-0.15, -0.1) is 0 Å². The number of aliphatic imine (C=N–C) groups is 1. The van der Waals surface area contributed by atoms with Crippen LogP contribution in [0.2, 0.25) is 0 Å². The van der Waals surface area contributed by atoms with Crippen LogP contribution in [-0.2, 0) is 0 Å². The number of alkyl halides is 1. The number of nitrogens with two attached hydrogens (primary N) is 2. The van der Waals surface area contributed by atoms with Crippen LogP contribution in [0.15, 0.2) is 17.3 Å². The van der Waals surface area contributed by atoms with Crippen molar-refractivity contribution >= 4 is 5.84 Å². The number of likely N-dealkylation sites (tertiary alicyclic amines) is 1. The average Bonchev–Trinajstić information content (AvgIpc) is 2.29. The van der Waals surface area contributed by atoms with Crippen LogP contribution in [0, 0.1) is 5.92 Å². The molecule has 4 N–H and O–H groups in total. The van der Waals surface area contributed by atoms with Gasteiger partial charge in [-0.2, -0.15) is 0 Å². The SMILES string of the molecule is NC1=NC=CC(N)(C2CCCN(CCF)C2)C1. The first-order chi connectivity index (χ1) is 8.14. The normalized spacial score (nSPS) is 34.7. The second kappa shape index (κ2) is 5.14. The van der Waals surface area contributed by atoms with Gasteiger partial charge in [-0.05, 0) is 31.4 Å². The summed E-state index contributed by atoms with van der Waals surface area (Å²) in [7, 11) is 0. The molecule has 1 fully saturated rings. The Bertz CT molecular complexity index is 326. The summed E-state index contributed by atoms with van der Waals surface area (Å²) in [6, 6.07) is 0. The zero-order valence-electron chi connectivity index (χ0n) is 10.1. The lowest BCUT2D eigenvalue weighted by atomic mass is 9.76. The van der Waals surface area contributed by atoms with Gasteiger partial charge in [0.15, 0.2) is 0 Å². The maximum atomic E-state index is 12.4. The van der Waals surface area contributed by atoms with Crippen LogP contribution >= 0.6 is 0 Å². The number of hydrogen-bond donors (Lipinski definition) is 2. The summed E-state index contributed by atoms with van der Waals surface area (Å²) in [4.78, 5) is 6.19. The van der Waals surface area contributed by atoms with Crippen molar-refractivity contribution in [3.63, 3.8) is 0 Å². The zero-order chi connectivity index (χ0) is 12.3. The highest BCUT2D eigenvalue weighted by Crippen LogP contribution is 2.30. The van der Waals surface area contributed by atoms with Crippen LogP contribution in [-0.4, -0.2) is 42.6 Å². The zero-order valence-corrected chi connectivity index (χ0v) is 10.1. The largest absolute Gasteiger partial charge is 0.387 e. The maximum Gasteiger partial charge on any atom is 0.102 e. The molecule has 0 aromatic heterocycles. The Morgan fingerprint density at radius 2 is 2.41 bits per heavy atom. The smallest absolute Gasteiger partial charge is 0.102 e. The van der Waals surface area contributed by atoms with E-state index < -0.39 is 5.54 Å². The van der Waals surface area contributed by atoms with Crippen molar-refractivity contribution in [2.24, 2.45) is 22.4 Å². The predicted molar refractivity (Wildman–Crippen MR) is 67.4 cm³/mol. The molecular formula is C12H21FN4. The van der Waals surface area contributed by atoms with E-state index in [4.69, 9.17) is 11.5 Å². The van der Waals surface area contributed by atoms with Gasteiger partial charge in [0.05, 0.1) is 0 Å². The number of hydrogen-bond acceptors (Lipinski definition) is 4. The Kier molecular flexibility index (Phi) is 3.79. The number of halogens is 1. The fraction of sp³-hybridized carbons (Fsp3) is 0.750. The summed E-state index contributed by atoms with van der Waals surface area (Å²) < 4.78 is 12.4. The van der Waals surface area contributed by atoms with Crippen molar-refractivity contribution < 1.29 is 4.39 Å². The van der Waals surface area contributed by atoms with Gasteiger partial charge >= 0.3 is 0 Å². The molecule has 96 valence electrons. The van der Waals surface area contributed by atoms with Crippen LogP contribution < -0.4 is 11.5 Å². The third-order valence-electron chi connectivity index (χ3n) is 3.78. The van der Waals surface area contributed by atoms with Crippen molar-refractivity contribution in [2.75, 3.05) is 26.3 Å². The molecule has 2 aliphatic rings. The number of piperidine rings is 1. The number of amidine groups is 1. The molecule has 17 heavy (non-hydrogen) atoms. The Labute approximate surface area is 102 Å². The van der Waals surface area contributed by atoms with Crippen molar-refractivity contribution in [2.45, 2.75) is 24.8 Å². The molecule has 0 radical (unpaired) electrons. The van der Waals surface area contributed by atoms with Gasteiger partial charge in [-0.25, -0.2) is 9.38 Å². The molecule has 2 rings (SSSR count). The van der Waals surface area contributed by atoms with Gasteiger partial charge in [0, 0.05) is 31.2 Å². The van der Waals surface area contributed by atoms with Crippen molar-refractivity contribution in [1.82, 2.24) is 4.90 Å². The Morgan fingerprint density at radius 3 is 3.12 bits per heavy atom. The molecule has 0 aromatic rings. The number of rotatable bonds is 3. The molecule has 1 saturated heterocycles. The Morgan fingerprint density at radius 1 is 1.59 bits per heavy atom. The van der Waals surface area contributed by atoms with Crippen molar-refractivity contribution in [3.05, 3.63) is 12.3 Å². The van der Waals surface area contributed by atoms with E-state index in [1.807, 2.05) is 6.08 Å². The minimum Gasteiger partial charge on any atom is -0.387 e. The van der Waals surface area contributed by atoms with Crippen LogP contribution in [0.1, 0.15) is 19.3 Å². The van der Waals surface area contributed by atoms with E-state index >= 15 is 0 Å². The van der Waals surface area contributed by atoms with Gasteiger partial charge in [0.2, 0.25) is 0 Å². The molecule has 2 atom stereocenters. The Hall–Kier alpha value is -0.940. The minimum absolute atomic E-state index is 0.288. The minimum atomic E-state index is -0.402. The highest BCUT2D eigenvalue weighted by molar-refractivity contribution is 5.83. The summed E-state index contributed by atoms with van der Waals surface area (Å²) >= 11 is 0. The second-order valence-electron chi connectivity index (χ2n) is 5.05. The van der Waals surface area contributed by atoms with Gasteiger partial charge in [0.25, 0.3) is 0 Å². The molecule has 0 bridgehead atoms. The second-order valence-corrected chi connectivity index (χ2v) is 5.05. The quantitative estimate of drug-likeness (QED) is 0.760. The van der Waals surface area contributed by atoms with E-state index in [-0.39, 0.29) is 6.67 Å². The van der Waals surface area contributed by atoms with E-state index in [9.17, 15) is 4.39 Å². The first-order valence-electron chi connectivity index (χ1n) is 6.21. The standard InChI is InChI=1S/C12H21FN4/c13-4-7-17-6-1-2-10(9-17)12(15)3-5-16-11(14)8-12/h3,5,10H,1-2,4,6-9,15H2,(H2,14,16). The maximum absolute atomic E-state index is 12.4. The van der Waals surface area contributed by atoms with Crippen LogP contribution in [0.4, 0.5) is 4.39 Å². The fourth-order valence-electron chi connectivity index (χ4n) is 2.79. The summed E-state index contributed by atoms with van der Waals surface area (Å²) in [6.45, 7) is 2.06. The summed E-state index contributed by atoms with van der Waals surface area (Å²) in [5, 5.41) is 0. The van der Waals surface area contributed by atoms with E-state index in [1.165, 1.54) is 0 Å². The molecule has 0 amide bonds. The molecule has 0 aliphatic carbocycles. The summed E-state index contributed by atoms with van der Waals surface area (Å²) in [6.07, 6.45) is 6.42. The van der Waals surface area contributed by atoms with E-state index in [0.717, 1.165) is 25.9 Å². The topological polar surface area (TPSA) is 67.6 Å². The molecule has 0 saturated carbocycles. The lowest BCUT2D eigenvalue weighted by molar-refractivity contribution is 0.129. The third kappa shape index (κ3) is 2.84. The molecule has 5 heteroatoms. The van der Waals surface area contributed by atoms with E-state index in [0.29, 0.717) is 24.7 Å². The molecule has 2 aliphatic heterocycles. The molecule has 2 unspecified atom stereocenters. The van der Waals surface area contributed by atoms with Gasteiger partial charge in [0.1, 0.15) is 12.5 Å². The molecule has 4 nitrogen and oxygen atoms in total.